The topological polar surface area (TPSA) is 32.8 Å². The van der Waals surface area contributed by atoms with Gasteiger partial charge in [-0.2, -0.15) is 0 Å². The first kappa shape index (κ1) is 16.6. The summed E-state index contributed by atoms with van der Waals surface area (Å²) in [6.45, 7) is 5.19. The minimum absolute atomic E-state index is 0.688. The van der Waals surface area contributed by atoms with Crippen LogP contribution in [0.25, 0.3) is 0 Å². The number of nitrogens with zero attached hydrogens (tertiary/aromatic N) is 2. The molecule has 1 aliphatic rings. The maximum atomic E-state index is 10.9. The predicted molar refractivity (Wildman–Crippen MR) is 61.2 cm³/mol. The monoisotopic (exact) mass is 268 g/mol. The summed E-state index contributed by atoms with van der Waals surface area (Å²) in [6.07, 6.45) is 2.05. The van der Waals surface area contributed by atoms with E-state index in [-0.39, 0.29) is 0 Å². The van der Waals surface area contributed by atoms with Gasteiger partial charge in [-0.1, -0.05) is 13.3 Å². The van der Waals surface area contributed by atoms with Gasteiger partial charge in [0.2, 0.25) is 0 Å². The zero-order valence-electron chi connectivity index (χ0n) is 10.8. The fraction of sp³-hybridized carbons (Fsp3) is 0.727. The molecule has 0 atom stereocenters. The molecule has 0 aromatic carbocycles. The van der Waals surface area contributed by atoms with E-state index >= 15 is 0 Å². The maximum Gasteiger partial charge on any atom is 0.575 e. The number of carbonyl (C=O) groups is 1. The molecule has 0 saturated heterocycles. The van der Waals surface area contributed by atoms with Crippen LogP contribution in [0.4, 0.5) is 13.2 Å². The van der Waals surface area contributed by atoms with Crippen LogP contribution in [0.15, 0.2) is 12.4 Å². The van der Waals surface area contributed by atoms with Crippen LogP contribution < -0.4 is 0 Å². The van der Waals surface area contributed by atoms with E-state index in [1.807, 2.05) is 0 Å². The molecule has 0 unspecified atom stereocenters. The molecular weight excluding hydrogens is 249 g/mol. The molecule has 0 saturated carbocycles. The molecule has 0 aromatic rings. The van der Waals surface area contributed by atoms with Crippen molar-refractivity contribution in [3.8, 4) is 0 Å². The van der Waals surface area contributed by atoms with Crippen molar-refractivity contribution in [1.82, 2.24) is 9.80 Å². The van der Waals surface area contributed by atoms with E-state index in [0.717, 1.165) is 6.67 Å². The Bertz CT molecular complexity index is 280. The molecule has 0 bridgehead atoms. The van der Waals surface area contributed by atoms with Crippen molar-refractivity contribution in [3.63, 3.8) is 0 Å². The highest BCUT2D eigenvalue weighted by Crippen LogP contribution is 2.15. The van der Waals surface area contributed by atoms with Crippen molar-refractivity contribution in [2.45, 2.75) is 33.1 Å². The number of carbonyl (C=O) groups excluding carboxylic acids is 1. The third-order valence-corrected chi connectivity index (χ3v) is 2.00. The molecule has 0 N–H and O–H groups in total. The zero-order valence-corrected chi connectivity index (χ0v) is 10.8. The molecule has 18 heavy (non-hydrogen) atoms. The second-order valence-corrected chi connectivity index (χ2v) is 3.90. The van der Waals surface area contributed by atoms with E-state index < -0.39 is 12.3 Å². The zero-order chi connectivity index (χ0) is 14.2. The SMILES string of the molecule is CC(=O)OC(F)(F)F.CCCCN1C=CN(C)C1. The summed E-state index contributed by atoms with van der Waals surface area (Å²) in [5.74, 6) is -1.35. The van der Waals surface area contributed by atoms with Gasteiger partial charge in [-0.3, -0.25) is 4.79 Å². The first-order valence-electron chi connectivity index (χ1n) is 5.63. The maximum absolute atomic E-state index is 10.9. The van der Waals surface area contributed by atoms with Gasteiger partial charge in [-0.05, 0) is 6.42 Å². The third-order valence-electron chi connectivity index (χ3n) is 2.00. The second kappa shape index (κ2) is 7.84. The van der Waals surface area contributed by atoms with Gasteiger partial charge in [0.1, 0.15) is 0 Å². The van der Waals surface area contributed by atoms with Crippen LogP contribution in [0.5, 0.6) is 0 Å². The van der Waals surface area contributed by atoms with Gasteiger partial charge >= 0.3 is 12.3 Å². The lowest BCUT2D eigenvalue weighted by atomic mass is 10.3. The Hall–Kier alpha value is -1.40. The van der Waals surface area contributed by atoms with Crippen molar-refractivity contribution in [1.29, 1.82) is 0 Å². The van der Waals surface area contributed by atoms with Crippen molar-refractivity contribution in [3.05, 3.63) is 12.4 Å². The molecule has 0 aromatic heterocycles. The minimum atomic E-state index is -4.83. The largest absolute Gasteiger partial charge is 0.575 e. The second-order valence-electron chi connectivity index (χ2n) is 3.90. The van der Waals surface area contributed by atoms with E-state index in [4.69, 9.17) is 0 Å². The quantitative estimate of drug-likeness (QED) is 0.736. The summed E-state index contributed by atoms with van der Waals surface area (Å²) in [5.41, 5.74) is 0. The fourth-order valence-electron chi connectivity index (χ4n) is 1.26. The molecule has 1 rings (SSSR count). The lowest BCUT2D eigenvalue weighted by Crippen LogP contribution is -2.23. The summed E-state index contributed by atoms with van der Waals surface area (Å²) in [4.78, 5) is 14.0. The number of hydrogen-bond acceptors (Lipinski definition) is 4. The van der Waals surface area contributed by atoms with Gasteiger partial charge in [0.15, 0.2) is 0 Å². The highest BCUT2D eigenvalue weighted by molar-refractivity contribution is 5.66. The van der Waals surface area contributed by atoms with Crippen molar-refractivity contribution in [2.24, 2.45) is 0 Å². The number of ether oxygens (including phenoxy) is 1. The van der Waals surface area contributed by atoms with Crippen molar-refractivity contribution >= 4 is 5.97 Å². The number of alkyl halides is 3. The van der Waals surface area contributed by atoms with E-state index in [0.29, 0.717) is 6.92 Å². The normalized spacial score (nSPS) is 14.3. The molecule has 106 valence electrons. The van der Waals surface area contributed by atoms with Crippen LogP contribution in [-0.4, -0.2) is 42.4 Å². The molecule has 0 amide bonds. The van der Waals surface area contributed by atoms with Gasteiger partial charge < -0.3 is 14.5 Å². The number of esters is 1. The lowest BCUT2D eigenvalue weighted by Gasteiger charge is -2.17. The summed E-state index contributed by atoms with van der Waals surface area (Å²) in [5, 5.41) is 0. The summed E-state index contributed by atoms with van der Waals surface area (Å²) >= 11 is 0. The Kier molecular flexibility index (Phi) is 7.23. The average molecular weight is 268 g/mol. The van der Waals surface area contributed by atoms with E-state index in [1.165, 1.54) is 19.4 Å². The number of hydrogen-bond donors (Lipinski definition) is 0. The van der Waals surface area contributed by atoms with Gasteiger partial charge in [0, 0.05) is 32.9 Å². The molecule has 0 fully saturated rings. The van der Waals surface area contributed by atoms with Crippen LogP contribution in [0, 0.1) is 0 Å². The van der Waals surface area contributed by atoms with Crippen LogP contribution in [0.1, 0.15) is 26.7 Å². The summed E-state index contributed by atoms with van der Waals surface area (Å²) < 4.78 is 35.4. The lowest BCUT2D eigenvalue weighted by molar-refractivity contribution is -0.304. The Balaban J connectivity index is 0.000000331. The molecule has 0 aliphatic carbocycles. The molecular formula is C11H19F3N2O2. The van der Waals surface area contributed by atoms with E-state index in [9.17, 15) is 18.0 Å². The Morgan fingerprint density at radius 1 is 1.39 bits per heavy atom. The van der Waals surface area contributed by atoms with Gasteiger partial charge in [0.05, 0.1) is 6.67 Å². The fourth-order valence-corrected chi connectivity index (χ4v) is 1.26. The predicted octanol–water partition coefficient (Wildman–Crippen LogP) is 2.53. The van der Waals surface area contributed by atoms with Gasteiger partial charge in [-0.15, -0.1) is 13.2 Å². The smallest absolute Gasteiger partial charge is 0.373 e. The number of unbranched alkanes of at least 4 members (excludes halogenated alkanes) is 1. The highest BCUT2D eigenvalue weighted by atomic mass is 19.4. The summed E-state index contributed by atoms with van der Waals surface area (Å²) in [6, 6.07) is 0. The highest BCUT2D eigenvalue weighted by Gasteiger charge is 2.32. The third kappa shape index (κ3) is 9.80. The Labute approximate surface area is 105 Å². The van der Waals surface area contributed by atoms with E-state index in [2.05, 4.69) is 40.9 Å². The average Bonchev–Trinajstić information content (AvgIpc) is 2.58. The van der Waals surface area contributed by atoms with Crippen molar-refractivity contribution in [2.75, 3.05) is 20.3 Å². The first-order valence-corrected chi connectivity index (χ1v) is 5.63. The van der Waals surface area contributed by atoms with Gasteiger partial charge in [0.25, 0.3) is 0 Å². The molecule has 0 radical (unpaired) electrons. The van der Waals surface area contributed by atoms with Crippen LogP contribution in [-0.2, 0) is 9.53 Å². The van der Waals surface area contributed by atoms with Gasteiger partial charge in [-0.25, -0.2) is 0 Å². The van der Waals surface area contributed by atoms with Crippen molar-refractivity contribution < 1.29 is 22.7 Å². The Morgan fingerprint density at radius 3 is 2.28 bits per heavy atom. The Morgan fingerprint density at radius 2 is 2.00 bits per heavy atom. The molecule has 4 nitrogen and oxygen atoms in total. The minimum Gasteiger partial charge on any atom is -0.373 e. The van der Waals surface area contributed by atoms with Crippen LogP contribution >= 0.6 is 0 Å². The molecule has 0 spiro atoms. The first-order chi connectivity index (χ1) is 8.24. The molecule has 1 aliphatic heterocycles. The van der Waals surface area contributed by atoms with E-state index in [1.54, 1.807) is 0 Å². The summed E-state index contributed by atoms with van der Waals surface area (Å²) in [7, 11) is 2.10. The number of rotatable bonds is 3. The standard InChI is InChI=1S/C8H16N2.C3H3F3O2/c1-3-4-5-10-7-6-9(2)8-10;1-2(7)8-3(4,5)6/h6-7H,3-5,8H2,1-2H3;1H3. The molecule has 1 heterocycles. The van der Waals surface area contributed by atoms with Crippen LogP contribution in [0.2, 0.25) is 0 Å². The molecule has 7 heteroatoms. The number of halogens is 3. The van der Waals surface area contributed by atoms with Crippen LogP contribution in [0.3, 0.4) is 0 Å².